The molecule has 8 nitrogen and oxygen atoms in total. The van der Waals surface area contributed by atoms with Gasteiger partial charge in [0, 0.05) is 18.0 Å². The lowest BCUT2D eigenvalue weighted by atomic mass is 10.1. The van der Waals surface area contributed by atoms with Crippen LogP contribution in [0.1, 0.15) is 46.9 Å². The van der Waals surface area contributed by atoms with Crippen LogP contribution >= 0.6 is 34.5 Å². The molecule has 3 rings (SSSR count). The van der Waals surface area contributed by atoms with Gasteiger partial charge in [0.05, 0.1) is 28.0 Å². The largest absolute Gasteiger partial charge is 0.361 e. The summed E-state index contributed by atoms with van der Waals surface area (Å²) < 4.78 is 5.13. The lowest BCUT2D eigenvalue weighted by molar-refractivity contribution is 0.0685. The Bertz CT molecular complexity index is 1110. The number of aromatic nitrogens is 2. The Morgan fingerprint density at radius 2 is 1.97 bits per heavy atom. The van der Waals surface area contributed by atoms with E-state index in [0.29, 0.717) is 44.4 Å². The number of anilines is 1. The van der Waals surface area contributed by atoms with E-state index >= 15 is 0 Å². The van der Waals surface area contributed by atoms with Crippen molar-refractivity contribution in [1.82, 2.24) is 20.4 Å². The van der Waals surface area contributed by atoms with Crippen LogP contribution in [0.4, 0.5) is 9.93 Å². The predicted molar refractivity (Wildman–Crippen MR) is 125 cm³/mol. The second-order valence-electron chi connectivity index (χ2n) is 7.43. The van der Waals surface area contributed by atoms with Crippen molar-refractivity contribution in [1.29, 1.82) is 0 Å². The maximum absolute atomic E-state index is 13.0. The molecule has 0 aliphatic carbocycles. The molecule has 2 heterocycles. The second-order valence-corrected chi connectivity index (χ2v) is 9.10. The van der Waals surface area contributed by atoms with Gasteiger partial charge in [-0.3, -0.25) is 10.1 Å². The lowest BCUT2D eigenvalue weighted by Crippen LogP contribution is -2.37. The normalized spacial score (nSPS) is 11.0. The molecule has 3 aromatic rings. The number of hydrogen-bond acceptors (Lipinski definition) is 6. The van der Waals surface area contributed by atoms with E-state index in [1.54, 1.807) is 36.9 Å². The smallest absolute Gasteiger partial charge is 0.321 e. The van der Waals surface area contributed by atoms with Gasteiger partial charge in [0.15, 0.2) is 5.13 Å². The van der Waals surface area contributed by atoms with Crippen LogP contribution in [0, 0.1) is 13.8 Å². The van der Waals surface area contributed by atoms with Crippen LogP contribution in [0.15, 0.2) is 28.1 Å². The molecule has 0 spiro atoms. The van der Waals surface area contributed by atoms with E-state index in [0.717, 1.165) is 5.56 Å². The zero-order valence-electron chi connectivity index (χ0n) is 18.0. The number of amides is 3. The summed E-state index contributed by atoms with van der Waals surface area (Å²) in [7, 11) is 0. The Balaban J connectivity index is 1.60. The minimum atomic E-state index is -0.399. The van der Waals surface area contributed by atoms with Gasteiger partial charge in [-0.25, -0.2) is 9.78 Å². The fourth-order valence-corrected chi connectivity index (χ4v) is 4.02. The molecule has 11 heteroatoms. The number of halogens is 2. The molecule has 2 aromatic heterocycles. The highest BCUT2D eigenvalue weighted by Gasteiger charge is 2.26. The summed E-state index contributed by atoms with van der Waals surface area (Å²) in [5.41, 5.74) is 2.51. The maximum atomic E-state index is 13.0. The number of nitrogens with one attached hydrogen (secondary N) is 2. The van der Waals surface area contributed by atoms with Crippen molar-refractivity contribution in [2.75, 3.05) is 5.32 Å². The van der Waals surface area contributed by atoms with Crippen molar-refractivity contribution >= 4 is 51.6 Å². The average Bonchev–Trinajstić information content (AvgIpc) is 3.31. The third-order valence-electron chi connectivity index (χ3n) is 4.67. The van der Waals surface area contributed by atoms with Crippen molar-refractivity contribution in [2.24, 2.45) is 0 Å². The number of benzene rings is 1. The molecule has 32 heavy (non-hydrogen) atoms. The van der Waals surface area contributed by atoms with Crippen LogP contribution in [0.3, 0.4) is 0 Å². The monoisotopic (exact) mass is 495 g/mol. The Morgan fingerprint density at radius 3 is 2.59 bits per heavy atom. The van der Waals surface area contributed by atoms with Gasteiger partial charge >= 0.3 is 6.03 Å². The van der Waals surface area contributed by atoms with Gasteiger partial charge in [0.1, 0.15) is 11.3 Å². The highest BCUT2D eigenvalue weighted by atomic mass is 35.5. The molecule has 0 aliphatic rings. The molecule has 0 saturated heterocycles. The summed E-state index contributed by atoms with van der Waals surface area (Å²) in [5, 5.41) is 12.4. The molecule has 0 bridgehead atoms. The molecule has 0 aliphatic heterocycles. The van der Waals surface area contributed by atoms with E-state index in [4.69, 9.17) is 27.7 Å². The van der Waals surface area contributed by atoms with E-state index < -0.39 is 6.03 Å². The number of thiazole rings is 1. The molecule has 170 valence electrons. The maximum Gasteiger partial charge on any atom is 0.321 e. The van der Waals surface area contributed by atoms with Crippen molar-refractivity contribution in [2.45, 2.75) is 46.8 Å². The number of carbonyl (C=O) groups is 2. The van der Waals surface area contributed by atoms with Crippen LogP contribution in [0.2, 0.25) is 10.0 Å². The second kappa shape index (κ2) is 10.3. The van der Waals surface area contributed by atoms with Crippen LogP contribution < -0.4 is 10.6 Å². The summed E-state index contributed by atoms with van der Waals surface area (Å²) in [6.45, 7) is 7.89. The highest BCUT2D eigenvalue weighted by Crippen LogP contribution is 2.23. The van der Waals surface area contributed by atoms with Crippen molar-refractivity contribution in [3.63, 3.8) is 0 Å². The van der Waals surface area contributed by atoms with Crippen molar-refractivity contribution < 1.29 is 14.1 Å². The van der Waals surface area contributed by atoms with Gasteiger partial charge in [-0.1, -0.05) is 34.4 Å². The topological polar surface area (TPSA) is 100 Å². The Labute approximate surface area is 199 Å². The summed E-state index contributed by atoms with van der Waals surface area (Å²) in [5.74, 6) is 0.315. The summed E-state index contributed by atoms with van der Waals surface area (Å²) in [6, 6.07) is 4.69. The van der Waals surface area contributed by atoms with Gasteiger partial charge in [0.2, 0.25) is 0 Å². The van der Waals surface area contributed by atoms with E-state index in [9.17, 15) is 9.59 Å². The van der Waals surface area contributed by atoms with E-state index in [2.05, 4.69) is 20.8 Å². The minimum Gasteiger partial charge on any atom is -0.361 e. The number of urea groups is 1. The zero-order chi connectivity index (χ0) is 23.4. The standard InChI is InChI=1S/C21H23Cl2N5O3S/c1-11(2)28(19(29)18-12(3)27-31-13(18)4)9-15-10-32-21(25-15)26-20(30)24-8-14-5-6-16(22)17(23)7-14/h5-7,10-11H,8-9H2,1-4H3,(H2,24,25,26,30). The lowest BCUT2D eigenvalue weighted by Gasteiger charge is -2.25. The van der Waals surface area contributed by atoms with E-state index in [1.165, 1.54) is 11.3 Å². The van der Waals surface area contributed by atoms with Crippen LogP contribution in [-0.2, 0) is 13.1 Å². The Morgan fingerprint density at radius 1 is 1.22 bits per heavy atom. The molecule has 1 aromatic carbocycles. The van der Waals surface area contributed by atoms with Crippen LogP contribution in [-0.4, -0.2) is 33.0 Å². The number of rotatable bonds is 7. The molecule has 0 unspecified atom stereocenters. The fourth-order valence-electron chi connectivity index (χ4n) is 3.01. The number of hydrogen-bond donors (Lipinski definition) is 2. The van der Waals surface area contributed by atoms with Gasteiger partial charge in [0.25, 0.3) is 5.91 Å². The first-order chi connectivity index (χ1) is 15.2. The molecule has 0 saturated carbocycles. The van der Waals surface area contributed by atoms with Gasteiger partial charge in [-0.2, -0.15) is 0 Å². The average molecular weight is 496 g/mol. The molecule has 0 fully saturated rings. The van der Waals surface area contributed by atoms with Crippen molar-refractivity contribution in [3.8, 4) is 0 Å². The number of carbonyl (C=O) groups excluding carboxylic acids is 2. The SMILES string of the molecule is Cc1noc(C)c1C(=O)N(Cc1csc(NC(=O)NCc2ccc(Cl)c(Cl)c2)n1)C(C)C. The number of aryl methyl sites for hydroxylation is 2. The minimum absolute atomic E-state index is 0.0659. The number of nitrogens with zero attached hydrogens (tertiary/aromatic N) is 3. The van der Waals surface area contributed by atoms with E-state index in [1.807, 2.05) is 19.2 Å². The van der Waals surface area contributed by atoms with Crippen LogP contribution in [0.5, 0.6) is 0 Å². The summed E-state index contributed by atoms with van der Waals surface area (Å²) in [6.07, 6.45) is 0. The Kier molecular flexibility index (Phi) is 7.76. The molecular weight excluding hydrogens is 473 g/mol. The van der Waals surface area contributed by atoms with E-state index in [-0.39, 0.29) is 18.5 Å². The molecule has 3 amide bonds. The molecule has 0 atom stereocenters. The Hall–Kier alpha value is -2.62. The molecule has 2 N–H and O–H groups in total. The van der Waals surface area contributed by atoms with Crippen molar-refractivity contribution in [3.05, 3.63) is 61.9 Å². The molecular formula is C21H23Cl2N5O3S. The summed E-state index contributed by atoms with van der Waals surface area (Å²) >= 11 is 13.2. The van der Waals surface area contributed by atoms with Gasteiger partial charge in [-0.05, 0) is 45.4 Å². The third kappa shape index (κ3) is 5.79. The highest BCUT2D eigenvalue weighted by molar-refractivity contribution is 7.13. The quantitative estimate of drug-likeness (QED) is 0.455. The molecule has 0 radical (unpaired) electrons. The first-order valence-corrected chi connectivity index (χ1v) is 11.5. The summed E-state index contributed by atoms with van der Waals surface area (Å²) in [4.78, 5) is 31.4. The first kappa shape index (κ1) is 24.0. The van der Waals surface area contributed by atoms with Gasteiger partial charge in [-0.15, -0.1) is 11.3 Å². The van der Waals surface area contributed by atoms with Gasteiger partial charge < -0.3 is 14.7 Å². The third-order valence-corrected chi connectivity index (χ3v) is 6.22. The fraction of sp³-hybridized carbons (Fsp3) is 0.333. The first-order valence-electron chi connectivity index (χ1n) is 9.82. The predicted octanol–water partition coefficient (Wildman–Crippen LogP) is 5.43. The zero-order valence-corrected chi connectivity index (χ0v) is 20.4. The van der Waals surface area contributed by atoms with Crippen LogP contribution in [0.25, 0.3) is 0 Å².